The molecule has 0 aromatic heterocycles. The zero-order valence-corrected chi connectivity index (χ0v) is 9.53. The zero-order valence-electron chi connectivity index (χ0n) is 9.53. The molecule has 5 heteroatoms. The first kappa shape index (κ1) is 13.6. The van der Waals surface area contributed by atoms with Gasteiger partial charge in [0.25, 0.3) is 0 Å². The first-order valence-electron chi connectivity index (χ1n) is 5.23. The summed E-state index contributed by atoms with van der Waals surface area (Å²) in [6, 6.07) is 5.07. The number of nitrogens with zero attached hydrogens (tertiary/aromatic N) is 2. The molecule has 0 saturated heterocycles. The number of aliphatic hydroxyl groups excluding tert-OH is 1. The molecule has 17 heavy (non-hydrogen) atoms. The Balaban J connectivity index is 2.63. The van der Waals surface area contributed by atoms with Gasteiger partial charge in [0.05, 0.1) is 12.2 Å². The van der Waals surface area contributed by atoms with Gasteiger partial charge in [-0.1, -0.05) is 6.07 Å². The van der Waals surface area contributed by atoms with E-state index in [2.05, 4.69) is 0 Å². The second kappa shape index (κ2) is 6.28. The Morgan fingerprint density at radius 1 is 1.47 bits per heavy atom. The third-order valence-electron chi connectivity index (χ3n) is 2.41. The predicted molar refractivity (Wildman–Crippen MR) is 59.0 cm³/mol. The van der Waals surface area contributed by atoms with Crippen molar-refractivity contribution >= 4 is 0 Å². The lowest BCUT2D eigenvalue weighted by Crippen LogP contribution is -2.26. The third-order valence-corrected chi connectivity index (χ3v) is 2.41. The average molecular weight is 240 g/mol. The molecule has 0 aliphatic carbocycles. The molecule has 0 aliphatic rings. The van der Waals surface area contributed by atoms with Gasteiger partial charge in [-0.3, -0.25) is 0 Å². The number of nitriles is 1. The van der Waals surface area contributed by atoms with Gasteiger partial charge in [-0.15, -0.1) is 0 Å². The van der Waals surface area contributed by atoms with Crippen LogP contribution in [0, 0.1) is 23.0 Å². The van der Waals surface area contributed by atoms with Crippen LogP contribution >= 0.6 is 0 Å². The average Bonchev–Trinajstić information content (AvgIpc) is 2.26. The van der Waals surface area contributed by atoms with Crippen molar-refractivity contribution in [3.05, 3.63) is 35.4 Å². The van der Waals surface area contributed by atoms with Crippen LogP contribution in [0.25, 0.3) is 0 Å². The predicted octanol–water partition coefficient (Wildman–Crippen LogP) is 1.84. The minimum absolute atomic E-state index is 0.0650. The first-order valence-corrected chi connectivity index (χ1v) is 5.23. The molecule has 1 rings (SSSR count). The molecular weight excluding hydrogens is 226 g/mol. The summed E-state index contributed by atoms with van der Waals surface area (Å²) in [5, 5.41) is 18.2. The number of aliphatic hydroxyl groups is 1. The molecule has 0 amide bonds. The van der Waals surface area contributed by atoms with Gasteiger partial charge in [0.2, 0.25) is 0 Å². The summed E-state index contributed by atoms with van der Waals surface area (Å²) in [5.41, 5.74) is 0.0650. The fourth-order valence-electron chi connectivity index (χ4n) is 1.50. The van der Waals surface area contributed by atoms with Crippen LogP contribution in [0.4, 0.5) is 8.78 Å². The van der Waals surface area contributed by atoms with Gasteiger partial charge in [-0.25, -0.2) is 8.78 Å². The lowest BCUT2D eigenvalue weighted by Gasteiger charge is -2.19. The van der Waals surface area contributed by atoms with Gasteiger partial charge in [-0.05, 0) is 13.1 Å². The number of rotatable bonds is 5. The van der Waals surface area contributed by atoms with E-state index in [1.165, 1.54) is 6.07 Å². The monoisotopic (exact) mass is 240 g/mol. The Kier molecular flexibility index (Phi) is 5.01. The van der Waals surface area contributed by atoms with Gasteiger partial charge in [0, 0.05) is 31.1 Å². The highest BCUT2D eigenvalue weighted by molar-refractivity contribution is 5.21. The van der Waals surface area contributed by atoms with Crippen molar-refractivity contribution in [1.29, 1.82) is 5.26 Å². The summed E-state index contributed by atoms with van der Waals surface area (Å²) in [5.74, 6) is -1.43. The molecule has 0 heterocycles. The van der Waals surface area contributed by atoms with Crippen molar-refractivity contribution in [3.63, 3.8) is 0 Å². The second-order valence-electron chi connectivity index (χ2n) is 3.85. The van der Waals surface area contributed by atoms with Crippen LogP contribution in [0.3, 0.4) is 0 Å². The van der Waals surface area contributed by atoms with E-state index in [4.69, 9.17) is 5.26 Å². The number of hydrogen-bond acceptors (Lipinski definition) is 3. The molecule has 0 radical (unpaired) electrons. The van der Waals surface area contributed by atoms with Gasteiger partial charge in [0.15, 0.2) is 0 Å². The molecule has 1 unspecified atom stereocenters. The fraction of sp³-hybridized carbons (Fsp3) is 0.417. The largest absolute Gasteiger partial charge is 0.387 e. The van der Waals surface area contributed by atoms with E-state index < -0.39 is 17.7 Å². The summed E-state index contributed by atoms with van der Waals surface area (Å²) in [6.45, 7) is 0.695. The van der Waals surface area contributed by atoms with E-state index in [0.717, 1.165) is 12.1 Å². The molecular formula is C12H14F2N2O. The van der Waals surface area contributed by atoms with Gasteiger partial charge in [-0.2, -0.15) is 5.26 Å². The molecule has 1 atom stereocenters. The topological polar surface area (TPSA) is 47.3 Å². The van der Waals surface area contributed by atoms with Crippen LogP contribution in [0.2, 0.25) is 0 Å². The van der Waals surface area contributed by atoms with E-state index >= 15 is 0 Å². The van der Waals surface area contributed by atoms with E-state index in [0.29, 0.717) is 13.0 Å². The van der Waals surface area contributed by atoms with Crippen molar-refractivity contribution in [3.8, 4) is 6.07 Å². The Bertz CT molecular complexity index is 417. The van der Waals surface area contributed by atoms with Crippen molar-refractivity contribution in [2.45, 2.75) is 12.5 Å². The molecule has 0 spiro atoms. The minimum Gasteiger partial charge on any atom is -0.387 e. The zero-order chi connectivity index (χ0) is 12.8. The van der Waals surface area contributed by atoms with E-state index in [-0.39, 0.29) is 12.1 Å². The van der Waals surface area contributed by atoms with Crippen LogP contribution in [0.15, 0.2) is 18.2 Å². The molecule has 0 fully saturated rings. The van der Waals surface area contributed by atoms with E-state index in [1.807, 2.05) is 6.07 Å². The maximum atomic E-state index is 13.3. The fourth-order valence-corrected chi connectivity index (χ4v) is 1.50. The van der Waals surface area contributed by atoms with Crippen LogP contribution in [-0.4, -0.2) is 30.1 Å². The summed E-state index contributed by atoms with van der Waals surface area (Å²) in [7, 11) is 1.72. The van der Waals surface area contributed by atoms with Gasteiger partial charge in [0.1, 0.15) is 11.6 Å². The van der Waals surface area contributed by atoms with Crippen molar-refractivity contribution < 1.29 is 13.9 Å². The summed E-state index contributed by atoms with van der Waals surface area (Å²) in [4.78, 5) is 1.72. The lowest BCUT2D eigenvalue weighted by atomic mass is 10.1. The molecule has 1 N–H and O–H groups in total. The smallest absolute Gasteiger partial charge is 0.131 e. The molecule has 1 aromatic carbocycles. The summed E-state index contributed by atoms with van der Waals surface area (Å²) in [6.07, 6.45) is -0.686. The maximum Gasteiger partial charge on any atom is 0.131 e. The van der Waals surface area contributed by atoms with Crippen molar-refractivity contribution in [2.24, 2.45) is 0 Å². The third kappa shape index (κ3) is 4.10. The molecule has 0 saturated carbocycles. The summed E-state index contributed by atoms with van der Waals surface area (Å²) < 4.78 is 26.0. The highest BCUT2D eigenvalue weighted by Crippen LogP contribution is 2.18. The Morgan fingerprint density at radius 3 is 2.76 bits per heavy atom. The number of hydrogen-bond donors (Lipinski definition) is 1. The molecule has 92 valence electrons. The second-order valence-corrected chi connectivity index (χ2v) is 3.85. The van der Waals surface area contributed by atoms with E-state index in [9.17, 15) is 13.9 Å². The minimum atomic E-state index is -1.03. The molecule has 0 aliphatic heterocycles. The molecule has 3 nitrogen and oxygen atoms in total. The van der Waals surface area contributed by atoms with Crippen LogP contribution in [0.5, 0.6) is 0 Å². The summed E-state index contributed by atoms with van der Waals surface area (Å²) >= 11 is 0. The number of likely N-dealkylation sites (N-methyl/N-ethyl adjacent to an activating group) is 1. The maximum absolute atomic E-state index is 13.3. The molecule has 0 bridgehead atoms. The van der Waals surface area contributed by atoms with Crippen molar-refractivity contribution in [2.75, 3.05) is 20.1 Å². The number of halogens is 2. The highest BCUT2D eigenvalue weighted by atomic mass is 19.1. The number of benzene rings is 1. The quantitative estimate of drug-likeness (QED) is 0.854. The van der Waals surface area contributed by atoms with Crippen LogP contribution in [-0.2, 0) is 0 Å². The van der Waals surface area contributed by atoms with Crippen LogP contribution in [0.1, 0.15) is 18.1 Å². The Labute approximate surface area is 98.9 Å². The Morgan fingerprint density at radius 2 is 2.18 bits per heavy atom. The van der Waals surface area contributed by atoms with Crippen molar-refractivity contribution in [1.82, 2.24) is 4.90 Å². The first-order chi connectivity index (χ1) is 8.04. The normalized spacial score (nSPS) is 12.5. The van der Waals surface area contributed by atoms with Crippen LogP contribution < -0.4 is 0 Å². The van der Waals surface area contributed by atoms with Gasteiger partial charge >= 0.3 is 0 Å². The SMILES string of the molecule is CN(CCC#N)CC(O)c1ccc(F)cc1F. The van der Waals surface area contributed by atoms with E-state index in [1.54, 1.807) is 11.9 Å². The standard InChI is InChI=1S/C12H14F2N2O/c1-16(6-2-5-15)8-12(17)10-4-3-9(13)7-11(10)14/h3-4,7,12,17H,2,6,8H2,1H3. The highest BCUT2D eigenvalue weighted by Gasteiger charge is 2.15. The molecule has 1 aromatic rings. The Hall–Kier alpha value is -1.51. The lowest BCUT2D eigenvalue weighted by molar-refractivity contribution is 0.124. The van der Waals surface area contributed by atoms with Gasteiger partial charge < -0.3 is 10.0 Å².